The summed E-state index contributed by atoms with van der Waals surface area (Å²) in [6, 6.07) is 11.0. The first-order valence-corrected chi connectivity index (χ1v) is 11.4. The van der Waals surface area contributed by atoms with Gasteiger partial charge in [-0.15, -0.1) is 0 Å². The summed E-state index contributed by atoms with van der Waals surface area (Å²) in [6.45, 7) is 4.50. The molecule has 0 unspecified atom stereocenters. The van der Waals surface area contributed by atoms with Crippen LogP contribution in [0, 0.1) is 11.7 Å². The van der Waals surface area contributed by atoms with E-state index in [0.717, 1.165) is 12.1 Å². The average Bonchev–Trinajstić information content (AvgIpc) is 2.74. The summed E-state index contributed by atoms with van der Waals surface area (Å²) in [7, 11) is -2.66. The van der Waals surface area contributed by atoms with Gasteiger partial charge in [0, 0.05) is 18.8 Å². The molecule has 1 heterocycles. The van der Waals surface area contributed by atoms with Crippen LogP contribution in [0.5, 0.6) is 5.75 Å². The molecule has 162 valence electrons. The Balaban J connectivity index is 1.74. The van der Waals surface area contributed by atoms with Gasteiger partial charge >= 0.3 is 0 Å². The van der Waals surface area contributed by atoms with Gasteiger partial charge < -0.3 is 10.1 Å². The molecule has 0 bridgehead atoms. The van der Waals surface area contributed by atoms with E-state index < -0.39 is 21.8 Å². The van der Waals surface area contributed by atoms with Gasteiger partial charge in [0.15, 0.2) is 0 Å². The molecule has 3 rings (SSSR count). The summed E-state index contributed by atoms with van der Waals surface area (Å²) in [5.74, 6) is -0.901. The monoisotopic (exact) mass is 434 g/mol. The molecule has 0 saturated carbocycles. The normalized spacial score (nSPS) is 17.7. The van der Waals surface area contributed by atoms with Crippen LogP contribution in [0.2, 0.25) is 0 Å². The zero-order valence-corrected chi connectivity index (χ0v) is 18.2. The minimum atomic E-state index is -3.99. The Morgan fingerprint density at radius 2 is 1.90 bits per heavy atom. The van der Waals surface area contributed by atoms with Crippen LogP contribution in [0.15, 0.2) is 47.4 Å². The highest BCUT2D eigenvalue weighted by Crippen LogP contribution is 2.31. The fourth-order valence-electron chi connectivity index (χ4n) is 3.56. The molecule has 0 radical (unpaired) electrons. The molecule has 1 saturated heterocycles. The Bertz CT molecular complexity index is 1010. The second-order valence-electron chi connectivity index (χ2n) is 7.76. The van der Waals surface area contributed by atoms with Crippen molar-refractivity contribution >= 4 is 21.6 Å². The Kier molecular flexibility index (Phi) is 6.77. The zero-order chi connectivity index (χ0) is 21.9. The molecule has 8 heteroatoms. The molecule has 0 spiro atoms. The molecule has 1 aliphatic rings. The molecule has 2 aromatic carbocycles. The fourth-order valence-corrected chi connectivity index (χ4v) is 5.25. The highest BCUT2D eigenvalue weighted by molar-refractivity contribution is 7.89. The Morgan fingerprint density at radius 3 is 2.53 bits per heavy atom. The van der Waals surface area contributed by atoms with Crippen molar-refractivity contribution in [3.63, 3.8) is 0 Å². The largest absolute Gasteiger partial charge is 0.495 e. The Labute approximate surface area is 177 Å². The van der Waals surface area contributed by atoms with Gasteiger partial charge in [0.25, 0.3) is 0 Å². The van der Waals surface area contributed by atoms with Gasteiger partial charge in [-0.3, -0.25) is 4.79 Å². The fraction of sp³-hybridized carbons (Fsp3) is 0.409. The van der Waals surface area contributed by atoms with Gasteiger partial charge in [-0.1, -0.05) is 26.0 Å². The smallest absolute Gasteiger partial charge is 0.246 e. The minimum Gasteiger partial charge on any atom is -0.495 e. The van der Waals surface area contributed by atoms with Crippen LogP contribution in [0.4, 0.5) is 10.1 Å². The lowest BCUT2D eigenvalue weighted by Crippen LogP contribution is -2.43. The summed E-state index contributed by atoms with van der Waals surface area (Å²) < 4.78 is 46.2. The number of carbonyl (C=O) groups excluding carboxylic acids is 1. The summed E-state index contributed by atoms with van der Waals surface area (Å²) in [5.41, 5.74) is 1.85. The van der Waals surface area contributed by atoms with Gasteiger partial charge in [-0.25, -0.2) is 12.8 Å². The first-order valence-electron chi connectivity index (χ1n) is 9.97. The van der Waals surface area contributed by atoms with Crippen LogP contribution in [0.3, 0.4) is 0 Å². The molecule has 1 N–H and O–H groups in total. The summed E-state index contributed by atoms with van der Waals surface area (Å²) >= 11 is 0. The van der Waals surface area contributed by atoms with Gasteiger partial charge in [-0.05, 0) is 54.7 Å². The first kappa shape index (κ1) is 22.2. The van der Waals surface area contributed by atoms with E-state index in [9.17, 15) is 17.6 Å². The molecular formula is C22H27FN2O4S. The topological polar surface area (TPSA) is 75.7 Å². The van der Waals surface area contributed by atoms with Gasteiger partial charge in [0.2, 0.25) is 15.9 Å². The molecular weight excluding hydrogens is 407 g/mol. The van der Waals surface area contributed by atoms with Crippen molar-refractivity contribution < 1.29 is 22.3 Å². The van der Waals surface area contributed by atoms with Crippen molar-refractivity contribution in [1.29, 1.82) is 0 Å². The van der Waals surface area contributed by atoms with Crippen LogP contribution in [0.1, 0.15) is 38.2 Å². The SMILES string of the molecule is COc1ccc(F)cc1S(=O)(=O)N1CCC[C@@H](C(=O)Nc2ccc(C(C)C)cc2)C1. The minimum absolute atomic E-state index is 0.0396. The number of nitrogens with zero attached hydrogens (tertiary/aromatic N) is 1. The van der Waals surface area contributed by atoms with Crippen molar-refractivity contribution in [2.24, 2.45) is 5.92 Å². The highest BCUT2D eigenvalue weighted by Gasteiger charge is 2.35. The third kappa shape index (κ3) is 4.82. The van der Waals surface area contributed by atoms with Crippen LogP contribution in [-0.2, 0) is 14.8 Å². The number of amides is 1. The summed E-state index contributed by atoms with van der Waals surface area (Å²) in [4.78, 5) is 12.5. The molecule has 0 aliphatic carbocycles. The predicted octanol–water partition coefficient (Wildman–Crippen LogP) is 4.00. The Hall–Kier alpha value is -2.45. The number of benzene rings is 2. The number of carbonyl (C=O) groups is 1. The predicted molar refractivity (Wildman–Crippen MR) is 114 cm³/mol. The van der Waals surface area contributed by atoms with E-state index in [1.807, 2.05) is 24.3 Å². The number of piperidine rings is 1. The quantitative estimate of drug-likeness (QED) is 0.746. The number of methoxy groups -OCH3 is 1. The van der Waals surface area contributed by atoms with E-state index in [0.29, 0.717) is 24.4 Å². The summed E-state index contributed by atoms with van der Waals surface area (Å²) in [6.07, 6.45) is 1.13. The van der Waals surface area contributed by atoms with E-state index in [4.69, 9.17) is 4.74 Å². The molecule has 1 aliphatic heterocycles. The second-order valence-corrected chi connectivity index (χ2v) is 9.67. The molecule has 1 amide bonds. The van der Waals surface area contributed by atoms with Gasteiger partial charge in [0.05, 0.1) is 13.0 Å². The molecule has 1 fully saturated rings. The maximum Gasteiger partial charge on any atom is 0.246 e. The number of hydrogen-bond donors (Lipinski definition) is 1. The third-order valence-electron chi connectivity index (χ3n) is 5.34. The lowest BCUT2D eigenvalue weighted by Gasteiger charge is -2.31. The Morgan fingerprint density at radius 1 is 1.20 bits per heavy atom. The van der Waals surface area contributed by atoms with Crippen molar-refractivity contribution in [1.82, 2.24) is 4.31 Å². The maximum absolute atomic E-state index is 13.7. The molecule has 2 aromatic rings. The van der Waals surface area contributed by atoms with Crippen molar-refractivity contribution in [3.05, 3.63) is 53.8 Å². The first-order chi connectivity index (χ1) is 14.2. The van der Waals surface area contributed by atoms with E-state index in [1.54, 1.807) is 0 Å². The third-order valence-corrected chi connectivity index (χ3v) is 7.23. The number of sulfonamides is 1. The number of anilines is 1. The number of ether oxygens (including phenoxy) is 1. The van der Waals surface area contributed by atoms with Crippen molar-refractivity contribution in [2.75, 3.05) is 25.5 Å². The van der Waals surface area contributed by atoms with Crippen LogP contribution in [0.25, 0.3) is 0 Å². The average molecular weight is 435 g/mol. The van der Waals surface area contributed by atoms with Gasteiger partial charge in [-0.2, -0.15) is 4.31 Å². The number of hydrogen-bond acceptors (Lipinski definition) is 4. The zero-order valence-electron chi connectivity index (χ0n) is 17.4. The maximum atomic E-state index is 13.7. The molecule has 6 nitrogen and oxygen atoms in total. The molecule has 0 aromatic heterocycles. The van der Waals surface area contributed by atoms with Crippen LogP contribution >= 0.6 is 0 Å². The lowest BCUT2D eigenvalue weighted by molar-refractivity contribution is -0.120. The van der Waals surface area contributed by atoms with E-state index >= 15 is 0 Å². The van der Waals surface area contributed by atoms with Crippen molar-refractivity contribution in [2.45, 2.75) is 37.5 Å². The van der Waals surface area contributed by atoms with E-state index in [2.05, 4.69) is 19.2 Å². The molecule has 30 heavy (non-hydrogen) atoms. The highest BCUT2D eigenvalue weighted by atomic mass is 32.2. The second kappa shape index (κ2) is 9.14. The standard InChI is InChI=1S/C22H27FN2O4S/c1-15(2)16-6-9-19(10-7-16)24-22(26)17-5-4-12-25(14-17)30(27,28)21-13-18(23)8-11-20(21)29-3/h6-11,13,15,17H,4-5,12,14H2,1-3H3,(H,24,26)/t17-/m1/s1. The van der Waals surface area contributed by atoms with Crippen LogP contribution < -0.4 is 10.1 Å². The number of rotatable bonds is 6. The summed E-state index contributed by atoms with van der Waals surface area (Å²) in [5, 5.41) is 2.88. The number of nitrogens with one attached hydrogen (secondary N) is 1. The van der Waals surface area contributed by atoms with E-state index in [1.165, 1.54) is 23.0 Å². The van der Waals surface area contributed by atoms with E-state index in [-0.39, 0.29) is 29.6 Å². The molecule has 1 atom stereocenters. The number of halogens is 1. The van der Waals surface area contributed by atoms with Crippen molar-refractivity contribution in [3.8, 4) is 5.75 Å². The van der Waals surface area contributed by atoms with Gasteiger partial charge in [0.1, 0.15) is 16.5 Å². The van der Waals surface area contributed by atoms with Crippen LogP contribution in [-0.4, -0.2) is 38.8 Å². The lowest BCUT2D eigenvalue weighted by atomic mass is 9.98.